The fraction of sp³-hybridized carbons (Fsp3) is 0.245. The Labute approximate surface area is 790 Å². The van der Waals surface area contributed by atoms with Gasteiger partial charge in [-0.3, -0.25) is 0 Å². The van der Waals surface area contributed by atoms with Gasteiger partial charge in [0, 0.05) is 87.6 Å². The van der Waals surface area contributed by atoms with Crippen molar-refractivity contribution < 1.29 is 80.1 Å². The van der Waals surface area contributed by atoms with Gasteiger partial charge >= 0.3 is 54.1 Å². The summed E-state index contributed by atoms with van der Waals surface area (Å²) in [5.74, 6) is -1.93. The van der Waals surface area contributed by atoms with Crippen LogP contribution in [0.2, 0.25) is 0 Å². The minimum absolute atomic E-state index is 0. The number of esters is 2. The molecule has 31 heteroatoms. The van der Waals surface area contributed by atoms with Crippen LogP contribution >= 0.6 is 73.5 Å². The average Bonchev–Trinajstić information content (AvgIpc) is 1.60. The van der Waals surface area contributed by atoms with E-state index in [1.54, 1.807) is 85.4 Å². The van der Waals surface area contributed by atoms with Crippen LogP contribution in [-0.2, 0) is 73.7 Å². The third-order valence-corrected chi connectivity index (χ3v) is 32.1. The van der Waals surface area contributed by atoms with Crippen LogP contribution in [0, 0.1) is 0 Å². The zero-order chi connectivity index (χ0) is 89.2. The molecule has 19 rings (SSSR count). The second-order valence-electron chi connectivity index (χ2n) is 30.4. The molecule has 2 spiro atoms. The molecule has 0 saturated carbocycles. The van der Waals surface area contributed by atoms with Gasteiger partial charge in [-0.05, 0) is 171 Å². The predicted molar refractivity (Wildman–Crippen MR) is 524 cm³/mol. The molecule has 20 nitrogen and oxygen atoms in total. The molecule has 0 radical (unpaired) electrons. The molecule has 2 aliphatic carbocycles. The SMILES string of the molecule is C.C.CC1(C)OB(C2=CCC3(CC2)OCCO3)OC1(C)C.CCOC(=O)c1nc(-c2cn(S(=O)(=O)c3ccccc3)c3ncc(Br)cc23)cs1.CCOC(=O)c1nc(-c2cn(S(=O)(=O)c3ccccc3)c3ncc(C4=CCC5(CC4)OCCO5)cc23)cs1.[Cl][Pd][Cl].c1ccc(P(c2ccccc2)c2ccccc2)cc1.c1ccc(P(c2ccccc2)c2ccccc2)cc1. The third kappa shape index (κ3) is 23.8. The minimum Gasteiger partial charge on any atom is -0.0622 e. The number of hydrogen-bond acceptors (Lipinski definition) is 20. The van der Waals surface area contributed by atoms with Crippen LogP contribution in [0.5, 0.6) is 0 Å². The molecular formula is C98H100BBrCl2N6O14P2PdS4. The average molecular weight is 2040 g/mol. The normalized spacial score (nSPS) is 15.6. The molecule has 0 atom stereocenters. The van der Waals surface area contributed by atoms with Crippen LogP contribution in [0.4, 0.5) is 0 Å². The summed E-state index contributed by atoms with van der Waals surface area (Å²) in [6.07, 6.45) is 15.3. The van der Waals surface area contributed by atoms with Crippen LogP contribution in [0.3, 0.4) is 0 Å². The summed E-state index contributed by atoms with van der Waals surface area (Å²) in [7, 11) is 0.723. The Kier molecular flexibility index (Phi) is 35.0. The van der Waals surface area contributed by atoms with Crippen LogP contribution in [-0.4, -0.2) is 126 Å². The quantitative estimate of drug-likeness (QED) is 0.0441. The predicted octanol–water partition coefficient (Wildman–Crippen LogP) is 21.2. The maximum atomic E-state index is 13.6. The molecule has 9 heterocycles. The van der Waals surface area contributed by atoms with Gasteiger partial charge in [0.25, 0.3) is 20.0 Å². The Morgan fingerprint density at radius 2 is 0.814 bits per heavy atom. The number of thiazole rings is 2. The molecule has 0 N–H and O–H groups in total. The Balaban J connectivity index is 0.000000149. The summed E-state index contributed by atoms with van der Waals surface area (Å²) in [4.78, 5) is 42.3. The number of hydrogen-bond donors (Lipinski definition) is 0. The number of carbonyl (C=O) groups is 2. The van der Waals surface area contributed by atoms with Crippen molar-refractivity contribution in [3.63, 3.8) is 0 Å². The summed E-state index contributed by atoms with van der Waals surface area (Å²) in [5, 5.41) is 13.4. The standard InChI is InChI=1S/C27H25N3O6S2.C19H14BrN3O4S2.2C18H15P.C14H23BO4.2CH4.2ClH.Pd/c1-2-34-26(31)25-29-23(17-37-25)22-16-30(38(32,33)20-6-4-3-5-7-20)24-21(22)14-19(15-28-24)18-8-10-27(11-9-18)35-12-13-36-27;1-2-27-19(24)18-22-16(11-28-18)15-10-23(17-14(15)8-12(20)9-21-17)29(25,26)13-6-4-3-5-7-13;2*1-4-10-16(11-5-1)19(17-12-6-2-7-13-17)18-14-8-3-9-15-18;1-12(2)13(3,4)19-15(18-12)11-5-7-14(8-6-11)16-9-10-17-14;;;;;/h3-8,14-17H,2,9-13H2,1H3;3-11H,2H2,1H3;2*1-15H;5H,6-10H2,1-4H3;2*1H4;2*1H;/q;;;;;;;;;+2/p-2. The van der Waals surface area contributed by atoms with Gasteiger partial charge in [-0.2, -0.15) is 0 Å². The topological polar surface area (TPSA) is 238 Å². The van der Waals surface area contributed by atoms with Crippen molar-refractivity contribution >= 4 is 172 Å². The summed E-state index contributed by atoms with van der Waals surface area (Å²) >= 11 is 5.57. The van der Waals surface area contributed by atoms with E-state index < -0.39 is 53.6 Å². The van der Waals surface area contributed by atoms with Crippen molar-refractivity contribution in [3.8, 4) is 22.5 Å². The monoisotopic (exact) mass is 2040 g/mol. The fourth-order valence-electron chi connectivity index (χ4n) is 14.8. The zero-order valence-electron chi connectivity index (χ0n) is 70.3. The second kappa shape index (κ2) is 45.5. The van der Waals surface area contributed by atoms with Crippen molar-refractivity contribution in [3.05, 3.63) is 328 Å². The summed E-state index contributed by atoms with van der Waals surface area (Å²) in [6.45, 7) is 14.9. The molecule has 3 fully saturated rings. The number of pyridine rings is 2. The fourth-order valence-corrected chi connectivity index (χ4v) is 23.9. The van der Waals surface area contributed by atoms with Crippen molar-refractivity contribution in [1.82, 2.24) is 27.9 Å². The van der Waals surface area contributed by atoms with E-state index in [2.05, 4.69) is 258 Å². The Morgan fingerprint density at radius 3 is 1.14 bits per heavy atom. The summed E-state index contributed by atoms with van der Waals surface area (Å²) in [5.41, 5.74) is 5.31. The minimum atomic E-state index is -3.93. The molecule has 14 aromatic rings. The van der Waals surface area contributed by atoms with Crippen LogP contribution in [0.1, 0.15) is 120 Å². The number of allylic oxidation sites excluding steroid dienone is 2. The molecule has 0 amide bonds. The number of rotatable bonds is 18. The molecule has 3 saturated heterocycles. The van der Waals surface area contributed by atoms with Crippen molar-refractivity contribution in [1.29, 1.82) is 0 Å². The molecule has 0 unspecified atom stereocenters. The Bertz CT molecular complexity index is 6030. The molecule has 3 aliphatic heterocycles. The number of nitrogens with zero attached hydrogens (tertiary/aromatic N) is 6. The smallest absolute Gasteiger partial charge is 0.0134 e. The number of carbonyl (C=O) groups excluding carboxylic acids is 2. The second-order valence-corrected chi connectivity index (χ2v) is 43.5. The van der Waals surface area contributed by atoms with E-state index in [-0.39, 0.29) is 99.2 Å². The van der Waals surface area contributed by atoms with Crippen molar-refractivity contribution in [2.45, 2.75) is 127 Å². The maximum absolute atomic E-state index is 13.6. The molecule has 5 aliphatic rings. The number of halogens is 3. The Hall–Kier alpha value is -8.87. The van der Waals surface area contributed by atoms with Gasteiger partial charge in [-0.25, -0.2) is 54.3 Å². The number of fused-ring (bicyclic) bond motifs is 2. The molecule has 129 heavy (non-hydrogen) atoms. The van der Waals surface area contributed by atoms with E-state index in [0.717, 1.165) is 69.9 Å². The number of benzene rings is 8. The van der Waals surface area contributed by atoms with Crippen molar-refractivity contribution in [2.24, 2.45) is 0 Å². The van der Waals surface area contributed by atoms with E-state index in [1.807, 2.05) is 6.07 Å². The first-order valence-electron chi connectivity index (χ1n) is 41.0. The summed E-state index contributed by atoms with van der Waals surface area (Å²) < 4.78 is 102. The summed E-state index contributed by atoms with van der Waals surface area (Å²) in [6, 6.07) is 84.7. The van der Waals surface area contributed by atoms with Gasteiger partial charge in [-0.15, -0.1) is 22.7 Å². The number of ether oxygens (including phenoxy) is 6. The van der Waals surface area contributed by atoms with E-state index in [9.17, 15) is 26.4 Å². The van der Waals surface area contributed by atoms with Gasteiger partial charge < -0.3 is 37.7 Å². The number of aromatic nitrogens is 6. The van der Waals surface area contributed by atoms with E-state index in [4.69, 9.17) is 56.8 Å². The van der Waals surface area contributed by atoms with Gasteiger partial charge in [-0.1, -0.05) is 245 Å². The first-order chi connectivity index (χ1) is 61.5. The molecule has 674 valence electrons. The molecule has 8 aromatic carbocycles. The maximum Gasteiger partial charge on any atom is -0.0134 e. The first-order valence-corrected chi connectivity index (χ1v) is 53.2. The third-order valence-electron chi connectivity index (χ3n) is 21.8. The van der Waals surface area contributed by atoms with E-state index in [1.165, 1.54) is 72.0 Å². The first kappa shape index (κ1) is 99.1. The van der Waals surface area contributed by atoms with Crippen LogP contribution < -0.4 is 31.8 Å². The van der Waals surface area contributed by atoms with Gasteiger partial charge in [0.2, 0.25) is 10.0 Å². The van der Waals surface area contributed by atoms with E-state index in [0.29, 0.717) is 70.6 Å². The molecular weight excluding hydrogens is 1940 g/mol. The van der Waals surface area contributed by atoms with Gasteiger partial charge in [0.05, 0.1) is 72.0 Å². The van der Waals surface area contributed by atoms with Crippen LogP contribution in [0.15, 0.2) is 322 Å². The Morgan fingerprint density at radius 1 is 0.488 bits per heavy atom. The van der Waals surface area contributed by atoms with Gasteiger partial charge in [0.15, 0.2) is 22.9 Å². The van der Waals surface area contributed by atoms with E-state index >= 15 is 0 Å². The van der Waals surface area contributed by atoms with Crippen molar-refractivity contribution in [2.75, 3.05) is 39.6 Å². The largest absolute Gasteiger partial charge is 0.0622 e. The molecule has 6 aromatic heterocycles. The zero-order valence-corrected chi connectivity index (χ0v) is 80.0. The van der Waals surface area contributed by atoms with Crippen LogP contribution in [0.25, 0.3) is 50.2 Å². The van der Waals surface area contributed by atoms with Gasteiger partial charge in [0.1, 0.15) is 0 Å². The molecule has 0 bridgehead atoms.